The predicted molar refractivity (Wildman–Crippen MR) is 110 cm³/mol. The normalized spacial score (nSPS) is 19.6. The lowest BCUT2D eigenvalue weighted by Gasteiger charge is -2.40. The Labute approximate surface area is 176 Å². The summed E-state index contributed by atoms with van der Waals surface area (Å²) in [6.07, 6.45) is 3.33. The summed E-state index contributed by atoms with van der Waals surface area (Å²) in [5.41, 5.74) is 0.731. The molecule has 4 rings (SSSR count). The lowest BCUT2D eigenvalue weighted by molar-refractivity contribution is -0.135. The van der Waals surface area contributed by atoms with Crippen molar-refractivity contribution in [2.45, 2.75) is 25.5 Å². The second-order valence-electron chi connectivity index (χ2n) is 7.19. The number of furan rings is 1. The van der Waals surface area contributed by atoms with E-state index >= 15 is 0 Å². The molecule has 2 fully saturated rings. The molecule has 1 aromatic carbocycles. The monoisotopic (exact) mass is 419 g/mol. The van der Waals surface area contributed by atoms with Crippen LogP contribution >= 0.6 is 12.4 Å². The summed E-state index contributed by atoms with van der Waals surface area (Å²) in [7, 11) is 0. The largest absolute Gasteiger partial charge is 0.489 e. The minimum Gasteiger partial charge on any atom is -0.489 e. The van der Waals surface area contributed by atoms with Gasteiger partial charge in [-0.05, 0) is 31.0 Å². The molecule has 0 radical (unpaired) electrons. The van der Waals surface area contributed by atoms with Gasteiger partial charge in [0, 0.05) is 37.8 Å². The maximum Gasteiger partial charge on any atom is 0.290 e. The molecule has 2 aliphatic heterocycles. The molecule has 1 aromatic heterocycles. The van der Waals surface area contributed by atoms with Crippen LogP contribution < -0.4 is 10.1 Å². The standard InChI is InChI=1S/C21H25N3O4.ClH/c25-19-13-22-9-11-24(19)17-5-4-10-23(14-17)21(26)20-16(8-12-27-20)15-28-18-6-2-1-3-7-18;/h1-3,6-8,12,17,22H,4-5,9-11,13-15H2;1H. The molecule has 156 valence electrons. The van der Waals surface area contributed by atoms with Crippen molar-refractivity contribution in [1.82, 2.24) is 15.1 Å². The Bertz CT molecular complexity index is 826. The molecule has 8 heteroatoms. The van der Waals surface area contributed by atoms with Crippen LogP contribution in [0.1, 0.15) is 29.0 Å². The number of likely N-dealkylation sites (tertiary alicyclic amines) is 1. The number of rotatable bonds is 5. The predicted octanol–water partition coefficient (Wildman–Crippen LogP) is 2.32. The summed E-state index contributed by atoms with van der Waals surface area (Å²) in [4.78, 5) is 29.0. The molecule has 7 nitrogen and oxygen atoms in total. The molecule has 2 amide bonds. The maximum absolute atomic E-state index is 13.1. The van der Waals surface area contributed by atoms with E-state index in [1.807, 2.05) is 35.2 Å². The third-order valence-corrected chi connectivity index (χ3v) is 5.33. The van der Waals surface area contributed by atoms with E-state index in [1.165, 1.54) is 6.26 Å². The molecule has 0 saturated carbocycles. The van der Waals surface area contributed by atoms with Crippen molar-refractivity contribution in [2.75, 3.05) is 32.7 Å². The SMILES string of the molecule is Cl.O=C(c1occc1COc1ccccc1)N1CCCC(N2CCNCC2=O)C1. The summed E-state index contributed by atoms with van der Waals surface area (Å²) >= 11 is 0. The van der Waals surface area contributed by atoms with Gasteiger partial charge in [0.15, 0.2) is 5.76 Å². The van der Waals surface area contributed by atoms with Gasteiger partial charge in [-0.25, -0.2) is 0 Å². The summed E-state index contributed by atoms with van der Waals surface area (Å²) in [6.45, 7) is 3.37. The summed E-state index contributed by atoms with van der Waals surface area (Å²) < 4.78 is 11.3. The molecular formula is C21H26ClN3O4. The summed E-state index contributed by atoms with van der Waals surface area (Å²) in [6, 6.07) is 11.3. The zero-order valence-electron chi connectivity index (χ0n) is 16.2. The lowest BCUT2D eigenvalue weighted by Crippen LogP contribution is -2.57. The van der Waals surface area contributed by atoms with Gasteiger partial charge in [0.1, 0.15) is 12.4 Å². The van der Waals surface area contributed by atoms with Crippen molar-refractivity contribution in [2.24, 2.45) is 0 Å². The Morgan fingerprint density at radius 3 is 2.83 bits per heavy atom. The third-order valence-electron chi connectivity index (χ3n) is 5.33. The number of nitrogens with one attached hydrogen (secondary N) is 1. The minimum atomic E-state index is -0.135. The Morgan fingerprint density at radius 2 is 2.03 bits per heavy atom. The zero-order chi connectivity index (χ0) is 19.3. The number of hydrogen-bond acceptors (Lipinski definition) is 5. The molecule has 2 aromatic rings. The Balaban J connectivity index is 0.00000240. The molecule has 29 heavy (non-hydrogen) atoms. The van der Waals surface area contributed by atoms with Gasteiger partial charge in [-0.15, -0.1) is 12.4 Å². The molecular weight excluding hydrogens is 394 g/mol. The van der Waals surface area contributed by atoms with Crippen LogP contribution in [0.5, 0.6) is 5.75 Å². The first-order chi connectivity index (χ1) is 13.7. The number of amides is 2. The Morgan fingerprint density at radius 1 is 1.21 bits per heavy atom. The Hall–Kier alpha value is -2.51. The molecule has 0 aliphatic carbocycles. The number of piperidine rings is 1. The fourth-order valence-electron chi connectivity index (χ4n) is 3.86. The minimum absolute atomic E-state index is 0. The maximum atomic E-state index is 13.1. The first-order valence-electron chi connectivity index (χ1n) is 9.76. The van der Waals surface area contributed by atoms with E-state index in [4.69, 9.17) is 9.15 Å². The van der Waals surface area contributed by atoms with Crippen molar-refractivity contribution < 1.29 is 18.7 Å². The number of benzene rings is 1. The lowest BCUT2D eigenvalue weighted by atomic mass is 10.0. The number of nitrogens with zero attached hydrogens (tertiary/aromatic N) is 2. The van der Waals surface area contributed by atoms with Crippen LogP contribution in [0.4, 0.5) is 0 Å². The van der Waals surface area contributed by atoms with E-state index in [2.05, 4.69) is 5.32 Å². The fourth-order valence-corrected chi connectivity index (χ4v) is 3.86. The van der Waals surface area contributed by atoms with Crippen LogP contribution in [0.3, 0.4) is 0 Å². The number of para-hydroxylation sites is 1. The van der Waals surface area contributed by atoms with Crippen molar-refractivity contribution in [3.8, 4) is 5.75 Å². The van der Waals surface area contributed by atoms with E-state index in [1.54, 1.807) is 11.0 Å². The van der Waals surface area contributed by atoms with Crippen LogP contribution in [0, 0.1) is 0 Å². The van der Waals surface area contributed by atoms with Crippen LogP contribution in [0.25, 0.3) is 0 Å². The average Bonchev–Trinajstić information content (AvgIpc) is 3.21. The van der Waals surface area contributed by atoms with Crippen molar-refractivity contribution in [1.29, 1.82) is 0 Å². The topological polar surface area (TPSA) is 75.0 Å². The van der Waals surface area contributed by atoms with Gasteiger partial charge in [-0.3, -0.25) is 9.59 Å². The number of carbonyl (C=O) groups excluding carboxylic acids is 2. The van der Waals surface area contributed by atoms with Gasteiger partial charge in [0.05, 0.1) is 12.8 Å². The molecule has 1 N–H and O–H groups in total. The van der Waals surface area contributed by atoms with Crippen molar-refractivity contribution in [3.05, 3.63) is 54.0 Å². The fraction of sp³-hybridized carbons (Fsp3) is 0.429. The second kappa shape index (κ2) is 9.80. The molecule has 1 atom stereocenters. The smallest absolute Gasteiger partial charge is 0.290 e. The zero-order valence-corrected chi connectivity index (χ0v) is 17.0. The number of ether oxygens (including phenoxy) is 1. The Kier molecular flexibility index (Phi) is 7.17. The molecule has 2 aliphatic rings. The van der Waals surface area contributed by atoms with Gasteiger partial charge in [0.25, 0.3) is 5.91 Å². The van der Waals surface area contributed by atoms with Crippen LogP contribution in [-0.4, -0.2) is 60.4 Å². The highest BCUT2D eigenvalue weighted by Gasteiger charge is 2.33. The highest BCUT2D eigenvalue weighted by Crippen LogP contribution is 2.22. The van der Waals surface area contributed by atoms with Gasteiger partial charge in [-0.2, -0.15) is 0 Å². The highest BCUT2D eigenvalue weighted by atomic mass is 35.5. The van der Waals surface area contributed by atoms with Gasteiger partial charge < -0.3 is 24.3 Å². The van der Waals surface area contributed by atoms with Crippen molar-refractivity contribution >= 4 is 24.2 Å². The molecule has 0 bridgehead atoms. The highest BCUT2D eigenvalue weighted by molar-refractivity contribution is 5.93. The third kappa shape index (κ3) is 4.92. The number of piperazine rings is 1. The molecule has 1 unspecified atom stereocenters. The second-order valence-corrected chi connectivity index (χ2v) is 7.19. The summed E-state index contributed by atoms with van der Waals surface area (Å²) in [5, 5.41) is 3.09. The van der Waals surface area contributed by atoms with Gasteiger partial charge in [0.2, 0.25) is 5.91 Å². The molecule has 0 spiro atoms. The van der Waals surface area contributed by atoms with E-state index in [-0.39, 0.29) is 36.9 Å². The first kappa shape index (κ1) is 21.2. The van der Waals surface area contributed by atoms with Gasteiger partial charge in [-0.1, -0.05) is 18.2 Å². The molecule has 3 heterocycles. The molecule has 2 saturated heterocycles. The quantitative estimate of drug-likeness (QED) is 0.805. The van der Waals surface area contributed by atoms with E-state index in [0.29, 0.717) is 31.9 Å². The van der Waals surface area contributed by atoms with Crippen molar-refractivity contribution in [3.63, 3.8) is 0 Å². The van der Waals surface area contributed by atoms with Gasteiger partial charge >= 0.3 is 0 Å². The van der Waals surface area contributed by atoms with Crippen LogP contribution in [-0.2, 0) is 11.4 Å². The number of halogens is 1. The number of carbonyl (C=O) groups is 2. The van der Waals surface area contributed by atoms with E-state index in [9.17, 15) is 9.59 Å². The van der Waals surface area contributed by atoms with Crippen LogP contribution in [0.2, 0.25) is 0 Å². The average molecular weight is 420 g/mol. The summed E-state index contributed by atoms with van der Waals surface area (Å²) in [5.74, 6) is 1.05. The first-order valence-corrected chi connectivity index (χ1v) is 9.76. The number of hydrogen-bond donors (Lipinski definition) is 1. The van der Waals surface area contributed by atoms with Crippen LogP contribution in [0.15, 0.2) is 47.1 Å². The van der Waals surface area contributed by atoms with E-state index < -0.39 is 0 Å². The van der Waals surface area contributed by atoms with E-state index in [0.717, 1.165) is 30.7 Å².